The Bertz CT molecular complexity index is 731. The van der Waals surface area contributed by atoms with Crippen LogP contribution < -0.4 is 9.64 Å². The Balaban J connectivity index is 1.72. The molecule has 122 valence electrons. The monoisotopic (exact) mass is 315 g/mol. The molecule has 1 aliphatic heterocycles. The van der Waals surface area contributed by atoms with E-state index in [2.05, 4.69) is 25.0 Å². The van der Waals surface area contributed by atoms with Crippen molar-refractivity contribution < 1.29 is 9.26 Å². The zero-order valence-corrected chi connectivity index (χ0v) is 13.7. The lowest BCUT2D eigenvalue weighted by Crippen LogP contribution is -2.32. The highest BCUT2D eigenvalue weighted by Gasteiger charge is 2.54. The zero-order valence-electron chi connectivity index (χ0n) is 13.7. The second-order valence-corrected chi connectivity index (χ2v) is 6.59. The smallest absolute Gasteiger partial charge is 0.234 e. The molecule has 2 fully saturated rings. The van der Waals surface area contributed by atoms with Crippen LogP contribution in [0, 0.1) is 19.8 Å². The molecule has 0 bridgehead atoms. The molecule has 1 saturated heterocycles. The van der Waals surface area contributed by atoms with Gasteiger partial charge in [0, 0.05) is 13.1 Å². The third kappa shape index (κ3) is 2.09. The highest BCUT2D eigenvalue weighted by atomic mass is 16.5. The average Bonchev–Trinajstić information content (AvgIpc) is 3.20. The van der Waals surface area contributed by atoms with E-state index in [0.717, 1.165) is 42.7 Å². The fourth-order valence-corrected chi connectivity index (χ4v) is 4.21. The number of aromatic nitrogens is 4. The molecule has 2 aromatic rings. The summed E-state index contributed by atoms with van der Waals surface area (Å²) in [5.41, 5.74) is 0.808. The first-order valence-corrected chi connectivity index (χ1v) is 8.05. The Morgan fingerprint density at radius 1 is 1.35 bits per heavy atom. The Morgan fingerprint density at radius 2 is 2.22 bits per heavy atom. The van der Waals surface area contributed by atoms with E-state index in [9.17, 15) is 0 Å². The van der Waals surface area contributed by atoms with Crippen LogP contribution in [0.3, 0.4) is 0 Å². The van der Waals surface area contributed by atoms with Crippen LogP contribution in [0.2, 0.25) is 0 Å². The normalized spacial score (nSPS) is 26.6. The van der Waals surface area contributed by atoms with Crippen LogP contribution in [-0.2, 0) is 5.41 Å². The predicted octanol–water partition coefficient (Wildman–Crippen LogP) is 2.04. The first kappa shape index (κ1) is 14.4. The van der Waals surface area contributed by atoms with Crippen molar-refractivity contribution in [2.24, 2.45) is 5.92 Å². The molecule has 2 aromatic heterocycles. The summed E-state index contributed by atoms with van der Waals surface area (Å²) in [5, 5.41) is 4.01. The van der Waals surface area contributed by atoms with Gasteiger partial charge in [-0.2, -0.15) is 4.98 Å². The van der Waals surface area contributed by atoms with Gasteiger partial charge in [-0.15, -0.1) is 0 Å². The van der Waals surface area contributed by atoms with Crippen molar-refractivity contribution in [3.05, 3.63) is 23.7 Å². The molecule has 2 aliphatic rings. The number of ether oxygens (including phenoxy) is 1. The molecule has 3 heterocycles. The van der Waals surface area contributed by atoms with E-state index in [1.807, 2.05) is 13.8 Å². The lowest BCUT2D eigenvalue weighted by atomic mass is 9.80. The molecule has 0 amide bonds. The molecule has 4 rings (SSSR count). The van der Waals surface area contributed by atoms with Gasteiger partial charge in [-0.3, -0.25) is 0 Å². The van der Waals surface area contributed by atoms with Gasteiger partial charge in [-0.25, -0.2) is 9.97 Å². The number of methoxy groups -OCH3 is 1. The lowest BCUT2D eigenvalue weighted by molar-refractivity contribution is 0.265. The van der Waals surface area contributed by atoms with Crippen molar-refractivity contribution in [1.82, 2.24) is 20.1 Å². The summed E-state index contributed by atoms with van der Waals surface area (Å²) >= 11 is 0. The van der Waals surface area contributed by atoms with E-state index in [1.54, 1.807) is 13.4 Å². The quantitative estimate of drug-likeness (QED) is 0.857. The van der Waals surface area contributed by atoms with Gasteiger partial charge in [0.05, 0.1) is 18.2 Å². The summed E-state index contributed by atoms with van der Waals surface area (Å²) in [7, 11) is 1.67. The second kappa shape index (κ2) is 5.18. The molecule has 0 unspecified atom stereocenters. The predicted molar refractivity (Wildman–Crippen MR) is 83.6 cm³/mol. The number of anilines is 1. The van der Waals surface area contributed by atoms with Crippen LogP contribution in [0.5, 0.6) is 5.75 Å². The van der Waals surface area contributed by atoms with Crippen LogP contribution in [0.1, 0.15) is 36.7 Å². The maximum Gasteiger partial charge on any atom is 0.234 e. The van der Waals surface area contributed by atoms with Gasteiger partial charge in [-0.05, 0) is 32.6 Å². The van der Waals surface area contributed by atoms with Crippen molar-refractivity contribution in [2.75, 3.05) is 25.1 Å². The molecule has 7 heteroatoms. The summed E-state index contributed by atoms with van der Waals surface area (Å²) < 4.78 is 11.1. The minimum absolute atomic E-state index is 0.0505. The molecule has 0 spiro atoms. The van der Waals surface area contributed by atoms with Crippen molar-refractivity contribution in [2.45, 2.75) is 38.5 Å². The van der Waals surface area contributed by atoms with Gasteiger partial charge in [-0.1, -0.05) is 11.6 Å². The van der Waals surface area contributed by atoms with Crippen molar-refractivity contribution in [1.29, 1.82) is 0 Å². The Labute approximate surface area is 135 Å². The number of fused-ring (bicyclic) bond motifs is 1. The van der Waals surface area contributed by atoms with E-state index in [-0.39, 0.29) is 5.41 Å². The summed E-state index contributed by atoms with van der Waals surface area (Å²) in [6.45, 7) is 5.59. The molecule has 23 heavy (non-hydrogen) atoms. The standard InChI is InChI=1S/C16H21N5O2/c1-10-13(22-3)14(18-9-17-10)21-7-12-5-4-6-16(12,8-21)15-19-11(2)20-23-15/h9,12H,4-8H2,1-3H3/t12-,16-/m0/s1. The van der Waals surface area contributed by atoms with Crippen LogP contribution in [0.4, 0.5) is 5.82 Å². The van der Waals surface area contributed by atoms with Gasteiger partial charge in [0.2, 0.25) is 5.89 Å². The third-order valence-corrected chi connectivity index (χ3v) is 5.29. The van der Waals surface area contributed by atoms with Gasteiger partial charge in [0.15, 0.2) is 17.4 Å². The van der Waals surface area contributed by atoms with Crippen LogP contribution >= 0.6 is 0 Å². The fraction of sp³-hybridized carbons (Fsp3) is 0.625. The largest absolute Gasteiger partial charge is 0.491 e. The number of aryl methyl sites for hydroxylation is 2. The molecule has 1 aliphatic carbocycles. The Morgan fingerprint density at radius 3 is 2.96 bits per heavy atom. The summed E-state index contributed by atoms with van der Waals surface area (Å²) in [5.74, 6) is 3.62. The van der Waals surface area contributed by atoms with Gasteiger partial charge in [0.25, 0.3) is 0 Å². The van der Waals surface area contributed by atoms with Crippen LogP contribution in [0.25, 0.3) is 0 Å². The summed E-state index contributed by atoms with van der Waals surface area (Å²) in [6.07, 6.45) is 5.08. The van der Waals surface area contributed by atoms with Crippen molar-refractivity contribution in [3.8, 4) is 5.75 Å². The Hall–Kier alpha value is -2.18. The topological polar surface area (TPSA) is 77.2 Å². The molecule has 2 atom stereocenters. The minimum atomic E-state index is -0.0505. The number of hydrogen-bond acceptors (Lipinski definition) is 7. The molecular weight excluding hydrogens is 294 g/mol. The van der Waals surface area contributed by atoms with Gasteiger partial charge < -0.3 is 14.2 Å². The third-order valence-electron chi connectivity index (χ3n) is 5.29. The van der Waals surface area contributed by atoms with Gasteiger partial charge >= 0.3 is 0 Å². The maximum absolute atomic E-state index is 5.57. The van der Waals surface area contributed by atoms with Crippen LogP contribution in [-0.4, -0.2) is 40.3 Å². The average molecular weight is 315 g/mol. The lowest BCUT2D eigenvalue weighted by Gasteiger charge is -2.25. The summed E-state index contributed by atoms with van der Waals surface area (Å²) in [6, 6.07) is 0. The van der Waals surface area contributed by atoms with E-state index in [4.69, 9.17) is 9.26 Å². The Kier molecular flexibility index (Phi) is 3.25. The number of nitrogens with zero attached hydrogens (tertiary/aromatic N) is 5. The van der Waals surface area contributed by atoms with Gasteiger partial charge in [0.1, 0.15) is 6.33 Å². The number of rotatable bonds is 3. The maximum atomic E-state index is 5.57. The molecule has 0 aromatic carbocycles. The molecular formula is C16H21N5O2. The SMILES string of the molecule is COc1c(C)ncnc1N1C[C@@H]2CCC[C@]2(c2nc(C)no2)C1. The minimum Gasteiger partial charge on any atom is -0.491 e. The first-order chi connectivity index (χ1) is 11.1. The fourth-order valence-electron chi connectivity index (χ4n) is 4.21. The highest BCUT2D eigenvalue weighted by molar-refractivity contribution is 5.56. The van der Waals surface area contributed by atoms with Crippen molar-refractivity contribution in [3.63, 3.8) is 0 Å². The molecule has 7 nitrogen and oxygen atoms in total. The van der Waals surface area contributed by atoms with Crippen LogP contribution in [0.15, 0.2) is 10.9 Å². The van der Waals surface area contributed by atoms with E-state index < -0.39 is 0 Å². The molecule has 1 saturated carbocycles. The molecule has 0 N–H and O–H groups in total. The van der Waals surface area contributed by atoms with E-state index >= 15 is 0 Å². The molecule has 0 radical (unpaired) electrons. The van der Waals surface area contributed by atoms with E-state index in [1.165, 1.54) is 12.8 Å². The first-order valence-electron chi connectivity index (χ1n) is 8.05. The highest BCUT2D eigenvalue weighted by Crippen LogP contribution is 2.51. The second-order valence-electron chi connectivity index (χ2n) is 6.59. The van der Waals surface area contributed by atoms with Crippen molar-refractivity contribution >= 4 is 5.82 Å². The number of hydrogen-bond donors (Lipinski definition) is 0. The van der Waals surface area contributed by atoms with E-state index in [0.29, 0.717) is 11.7 Å². The zero-order chi connectivity index (χ0) is 16.0. The summed E-state index contributed by atoms with van der Waals surface area (Å²) in [4.78, 5) is 15.5.